The number of nitrogens with one attached hydrogen (secondary N) is 1. The molecule has 1 aromatic heterocycles. The van der Waals surface area contributed by atoms with Gasteiger partial charge in [0.25, 0.3) is 0 Å². The van der Waals surface area contributed by atoms with Crippen LogP contribution in [0.3, 0.4) is 0 Å². The molecule has 0 atom stereocenters. The summed E-state index contributed by atoms with van der Waals surface area (Å²) in [6.07, 6.45) is 8.61. The molecule has 0 amide bonds. The molecule has 5 nitrogen and oxygen atoms in total. The third-order valence-electron chi connectivity index (χ3n) is 3.66. The van der Waals surface area contributed by atoms with Crippen LogP contribution in [0.1, 0.15) is 45.4 Å². The van der Waals surface area contributed by atoms with Crippen LogP contribution in [-0.4, -0.2) is 28.7 Å². The Bertz CT molecular complexity index is 391. The summed E-state index contributed by atoms with van der Waals surface area (Å²) in [5.74, 6) is 1.25. The number of ether oxygens (including phenoxy) is 1. The van der Waals surface area contributed by atoms with Gasteiger partial charge in [-0.3, -0.25) is 0 Å². The first kappa shape index (κ1) is 14.1. The van der Waals surface area contributed by atoms with Crippen LogP contribution in [-0.2, 0) is 0 Å². The lowest BCUT2D eigenvalue weighted by atomic mass is 9.82. The van der Waals surface area contributed by atoms with Gasteiger partial charge in [0.2, 0.25) is 11.8 Å². The molecule has 2 rings (SSSR count). The summed E-state index contributed by atoms with van der Waals surface area (Å²) in [5.41, 5.74) is 5.91. The Hall–Kier alpha value is -1.36. The third-order valence-corrected chi connectivity index (χ3v) is 3.66. The highest BCUT2D eigenvalue weighted by Gasteiger charge is 2.31. The number of aromatic nitrogens is 2. The molecule has 1 fully saturated rings. The zero-order valence-electron chi connectivity index (χ0n) is 11.7. The second kappa shape index (κ2) is 6.70. The topological polar surface area (TPSA) is 73.1 Å². The molecule has 1 saturated carbocycles. The fourth-order valence-electron chi connectivity index (χ4n) is 2.54. The molecule has 106 valence electrons. The second-order valence-electron chi connectivity index (χ2n) is 5.24. The maximum absolute atomic E-state index is 5.96. The van der Waals surface area contributed by atoms with Gasteiger partial charge >= 0.3 is 0 Å². The first-order valence-corrected chi connectivity index (χ1v) is 7.22. The Morgan fingerprint density at radius 3 is 2.84 bits per heavy atom. The molecular formula is C14H24N4O. The fourth-order valence-corrected chi connectivity index (χ4v) is 2.54. The van der Waals surface area contributed by atoms with Gasteiger partial charge in [-0.2, -0.15) is 4.98 Å². The summed E-state index contributed by atoms with van der Waals surface area (Å²) < 4.78 is 5.53. The van der Waals surface area contributed by atoms with Gasteiger partial charge in [0.05, 0.1) is 12.1 Å². The Labute approximate surface area is 115 Å². The highest BCUT2D eigenvalue weighted by atomic mass is 16.5. The zero-order chi connectivity index (χ0) is 13.6. The SMILES string of the molecule is CCCOc1ccnc(NC2(CN)CCCCC2)n1. The Balaban J connectivity index is 2.04. The van der Waals surface area contributed by atoms with E-state index < -0.39 is 0 Å². The highest BCUT2D eigenvalue weighted by molar-refractivity contribution is 5.32. The molecule has 0 spiro atoms. The van der Waals surface area contributed by atoms with Crippen LogP contribution in [0.25, 0.3) is 0 Å². The summed E-state index contributed by atoms with van der Waals surface area (Å²) in [5, 5.41) is 3.43. The van der Waals surface area contributed by atoms with Crippen molar-refractivity contribution in [2.75, 3.05) is 18.5 Å². The summed E-state index contributed by atoms with van der Waals surface area (Å²) >= 11 is 0. The first-order chi connectivity index (χ1) is 9.28. The lowest BCUT2D eigenvalue weighted by molar-refractivity contribution is 0.303. The van der Waals surface area contributed by atoms with E-state index in [1.54, 1.807) is 12.3 Å². The van der Waals surface area contributed by atoms with E-state index in [0.717, 1.165) is 19.3 Å². The molecule has 1 aliphatic rings. The molecule has 0 aromatic carbocycles. The number of anilines is 1. The first-order valence-electron chi connectivity index (χ1n) is 7.22. The van der Waals surface area contributed by atoms with E-state index >= 15 is 0 Å². The average molecular weight is 264 g/mol. The van der Waals surface area contributed by atoms with E-state index in [4.69, 9.17) is 10.5 Å². The molecule has 3 N–H and O–H groups in total. The molecule has 1 aromatic rings. The fraction of sp³-hybridized carbons (Fsp3) is 0.714. The lowest BCUT2D eigenvalue weighted by Crippen LogP contribution is -2.47. The van der Waals surface area contributed by atoms with Crippen LogP contribution >= 0.6 is 0 Å². The van der Waals surface area contributed by atoms with Crippen molar-refractivity contribution < 1.29 is 4.74 Å². The maximum Gasteiger partial charge on any atom is 0.226 e. The molecule has 0 unspecified atom stereocenters. The third kappa shape index (κ3) is 3.80. The van der Waals surface area contributed by atoms with E-state index in [1.165, 1.54) is 19.3 Å². The standard InChI is InChI=1S/C14H24N4O/c1-2-10-19-12-6-9-16-13(17-12)18-14(11-15)7-4-3-5-8-14/h6,9H,2-5,7-8,10-11,15H2,1H3,(H,16,17,18). The van der Waals surface area contributed by atoms with E-state index in [2.05, 4.69) is 22.2 Å². The number of hydrogen-bond donors (Lipinski definition) is 2. The zero-order valence-corrected chi connectivity index (χ0v) is 11.7. The number of nitrogens with zero attached hydrogens (tertiary/aromatic N) is 2. The smallest absolute Gasteiger partial charge is 0.226 e. The van der Waals surface area contributed by atoms with Crippen molar-refractivity contribution in [3.63, 3.8) is 0 Å². The Morgan fingerprint density at radius 2 is 2.16 bits per heavy atom. The minimum atomic E-state index is -0.0400. The van der Waals surface area contributed by atoms with E-state index in [9.17, 15) is 0 Å². The van der Waals surface area contributed by atoms with Gasteiger partial charge in [0.1, 0.15) is 0 Å². The van der Waals surface area contributed by atoms with E-state index in [1.807, 2.05) is 0 Å². The van der Waals surface area contributed by atoms with Crippen LogP contribution in [0.15, 0.2) is 12.3 Å². The van der Waals surface area contributed by atoms with Crippen LogP contribution in [0.5, 0.6) is 5.88 Å². The van der Waals surface area contributed by atoms with Gasteiger partial charge in [-0.15, -0.1) is 0 Å². The summed E-state index contributed by atoms with van der Waals surface area (Å²) in [7, 11) is 0. The van der Waals surface area contributed by atoms with E-state index in [0.29, 0.717) is 25.0 Å². The summed E-state index contributed by atoms with van der Waals surface area (Å²) in [6.45, 7) is 3.38. The average Bonchev–Trinajstić information content (AvgIpc) is 2.46. The van der Waals surface area contributed by atoms with Gasteiger partial charge in [-0.1, -0.05) is 26.2 Å². The Morgan fingerprint density at radius 1 is 1.37 bits per heavy atom. The molecule has 5 heteroatoms. The molecular weight excluding hydrogens is 240 g/mol. The number of nitrogens with two attached hydrogens (primary N) is 1. The van der Waals surface area contributed by atoms with Gasteiger partial charge in [0.15, 0.2) is 0 Å². The summed E-state index contributed by atoms with van der Waals surface area (Å²) in [4.78, 5) is 8.67. The van der Waals surface area contributed by atoms with Crippen molar-refractivity contribution in [2.24, 2.45) is 5.73 Å². The monoisotopic (exact) mass is 264 g/mol. The number of hydrogen-bond acceptors (Lipinski definition) is 5. The molecule has 1 heterocycles. The molecule has 0 bridgehead atoms. The highest BCUT2D eigenvalue weighted by Crippen LogP contribution is 2.30. The van der Waals surface area contributed by atoms with E-state index in [-0.39, 0.29) is 5.54 Å². The van der Waals surface area contributed by atoms with Crippen LogP contribution < -0.4 is 15.8 Å². The molecule has 19 heavy (non-hydrogen) atoms. The van der Waals surface area contributed by atoms with Gasteiger partial charge in [-0.05, 0) is 19.3 Å². The van der Waals surface area contributed by atoms with Crippen LogP contribution in [0.4, 0.5) is 5.95 Å². The lowest BCUT2D eigenvalue weighted by Gasteiger charge is -2.37. The maximum atomic E-state index is 5.96. The van der Waals surface area contributed by atoms with Crippen molar-refractivity contribution in [2.45, 2.75) is 51.0 Å². The molecule has 0 radical (unpaired) electrons. The van der Waals surface area contributed by atoms with Gasteiger partial charge in [-0.25, -0.2) is 4.98 Å². The van der Waals surface area contributed by atoms with Crippen molar-refractivity contribution in [1.82, 2.24) is 9.97 Å². The quantitative estimate of drug-likeness (QED) is 0.825. The predicted octanol–water partition coefficient (Wildman–Crippen LogP) is 2.34. The minimum absolute atomic E-state index is 0.0400. The van der Waals surface area contributed by atoms with Crippen LogP contribution in [0.2, 0.25) is 0 Å². The van der Waals surface area contributed by atoms with Gasteiger partial charge < -0.3 is 15.8 Å². The Kier molecular flexibility index (Phi) is 4.96. The van der Waals surface area contributed by atoms with Crippen molar-refractivity contribution in [3.8, 4) is 5.88 Å². The van der Waals surface area contributed by atoms with Crippen LogP contribution in [0, 0.1) is 0 Å². The summed E-state index contributed by atoms with van der Waals surface area (Å²) in [6, 6.07) is 1.79. The van der Waals surface area contributed by atoms with Crippen molar-refractivity contribution in [1.29, 1.82) is 0 Å². The number of rotatable bonds is 6. The van der Waals surface area contributed by atoms with Crippen molar-refractivity contribution >= 4 is 5.95 Å². The normalized spacial score (nSPS) is 18.0. The van der Waals surface area contributed by atoms with Gasteiger partial charge in [0, 0.05) is 18.8 Å². The van der Waals surface area contributed by atoms with Crippen molar-refractivity contribution in [3.05, 3.63) is 12.3 Å². The molecule has 1 aliphatic carbocycles. The largest absolute Gasteiger partial charge is 0.478 e. The second-order valence-corrected chi connectivity index (χ2v) is 5.24. The minimum Gasteiger partial charge on any atom is -0.478 e. The predicted molar refractivity (Wildman–Crippen MR) is 76.3 cm³/mol. The molecule has 0 aliphatic heterocycles. The molecule has 0 saturated heterocycles.